The van der Waals surface area contributed by atoms with Crippen molar-refractivity contribution in [2.24, 2.45) is 0 Å². The van der Waals surface area contributed by atoms with Crippen LogP contribution in [-0.4, -0.2) is 77.4 Å². The highest BCUT2D eigenvalue weighted by molar-refractivity contribution is 7.23. The van der Waals surface area contributed by atoms with Crippen LogP contribution >= 0.6 is 36.2 Å². The second kappa shape index (κ2) is 13.8. The normalized spacial score (nSPS) is 19.5. The monoisotopic (exact) mass is 641 g/mol. The van der Waals surface area contributed by atoms with Crippen molar-refractivity contribution in [3.63, 3.8) is 0 Å². The number of likely N-dealkylation sites (tertiary alicyclic amines) is 1. The van der Waals surface area contributed by atoms with E-state index in [1.54, 1.807) is 12.3 Å². The standard InChI is InChI=1S/C29H33F2N5O3S.2ClH/c1-39-26-14-25-27(13-21(26)28(38)32-7-2-8-35-9-5-18(30)6-10-35)40-29-34-24(16-36(25)29)20-4-3-17(11-22(20)31)23-12-19(37)15-33-23;;/h3-4,11,13-14,16,18-19,23,33,37H,2,5-10,12,15H2,1H3,(H,32,38);2*1H/t19-,23-;;/m1../s1. The molecule has 2 fully saturated rings. The molecule has 4 aromatic rings. The minimum absolute atomic E-state index is 0. The van der Waals surface area contributed by atoms with Gasteiger partial charge in [-0.25, -0.2) is 13.8 Å². The smallest absolute Gasteiger partial charge is 0.255 e. The first kappa shape index (κ1) is 32.4. The number of imidazole rings is 1. The number of nitrogens with zero attached hydrogens (tertiary/aromatic N) is 3. The molecule has 0 spiro atoms. The molecule has 1 amide bonds. The predicted molar refractivity (Wildman–Crippen MR) is 166 cm³/mol. The van der Waals surface area contributed by atoms with Crippen molar-refractivity contribution in [2.75, 3.05) is 39.8 Å². The molecule has 0 aliphatic carbocycles. The van der Waals surface area contributed by atoms with E-state index in [1.807, 2.05) is 22.6 Å². The lowest BCUT2D eigenvalue weighted by Crippen LogP contribution is -2.36. The first-order chi connectivity index (χ1) is 19.4. The Morgan fingerprint density at radius 2 is 2.02 bits per heavy atom. The van der Waals surface area contributed by atoms with Crippen LogP contribution in [0.4, 0.5) is 8.78 Å². The summed E-state index contributed by atoms with van der Waals surface area (Å²) in [6.45, 7) is 3.39. The lowest BCUT2D eigenvalue weighted by Gasteiger charge is -2.28. The highest BCUT2D eigenvalue weighted by Crippen LogP contribution is 2.35. The number of hydrogen-bond acceptors (Lipinski definition) is 7. The summed E-state index contributed by atoms with van der Waals surface area (Å²) < 4.78 is 36.8. The third-order valence-electron chi connectivity index (χ3n) is 7.89. The molecule has 2 aliphatic rings. The fourth-order valence-corrected chi connectivity index (χ4v) is 6.68. The summed E-state index contributed by atoms with van der Waals surface area (Å²) in [5.74, 6) is -0.120. The number of benzene rings is 2. The summed E-state index contributed by atoms with van der Waals surface area (Å²) in [4.78, 5) is 20.6. The van der Waals surface area contributed by atoms with E-state index >= 15 is 4.39 Å². The first-order valence-corrected chi connectivity index (χ1v) is 14.6. The number of thiazole rings is 1. The molecule has 2 aromatic carbocycles. The summed E-state index contributed by atoms with van der Waals surface area (Å²) in [6.07, 6.45) is 3.22. The minimum atomic E-state index is -0.687. The maximum absolute atomic E-state index is 15.1. The van der Waals surface area contributed by atoms with E-state index in [0.29, 0.717) is 59.9 Å². The summed E-state index contributed by atoms with van der Waals surface area (Å²) in [5, 5.41) is 16.0. The van der Waals surface area contributed by atoms with Gasteiger partial charge in [0.25, 0.3) is 5.91 Å². The molecular formula is C29H35Cl2F2N5O3S. The molecule has 2 aromatic heterocycles. The molecular weight excluding hydrogens is 607 g/mol. The van der Waals surface area contributed by atoms with E-state index in [0.717, 1.165) is 41.8 Å². The average Bonchev–Trinajstić information content (AvgIpc) is 3.65. The van der Waals surface area contributed by atoms with Gasteiger partial charge in [-0.05, 0) is 56.0 Å². The van der Waals surface area contributed by atoms with Crippen molar-refractivity contribution in [1.82, 2.24) is 24.9 Å². The maximum Gasteiger partial charge on any atom is 0.255 e. The van der Waals surface area contributed by atoms with Gasteiger partial charge in [0.1, 0.15) is 17.7 Å². The van der Waals surface area contributed by atoms with E-state index < -0.39 is 12.3 Å². The molecule has 2 saturated heterocycles. The van der Waals surface area contributed by atoms with E-state index in [2.05, 4.69) is 20.5 Å². The van der Waals surface area contributed by atoms with Gasteiger partial charge in [0.05, 0.1) is 34.7 Å². The number of β-amino-alcohol motifs (C(OH)–C–C–N with tert-alkyl or cyclic N) is 1. The average molecular weight is 643 g/mol. The molecule has 42 heavy (non-hydrogen) atoms. The van der Waals surface area contributed by atoms with Crippen molar-refractivity contribution >= 4 is 57.2 Å². The number of carbonyl (C=O) groups is 1. The van der Waals surface area contributed by atoms with Crippen molar-refractivity contribution < 1.29 is 23.4 Å². The van der Waals surface area contributed by atoms with E-state index in [1.165, 1.54) is 24.5 Å². The Bertz CT molecular complexity index is 1540. The number of amides is 1. The number of alkyl halides is 1. The van der Waals surface area contributed by atoms with Crippen molar-refractivity contribution in [1.29, 1.82) is 0 Å². The molecule has 13 heteroatoms. The van der Waals surface area contributed by atoms with E-state index in [9.17, 15) is 14.3 Å². The lowest BCUT2D eigenvalue weighted by molar-refractivity contribution is 0.0947. The van der Waals surface area contributed by atoms with Gasteiger partial charge in [0.15, 0.2) is 4.96 Å². The number of nitrogens with one attached hydrogen (secondary N) is 2. The summed E-state index contributed by atoms with van der Waals surface area (Å²) in [5.41, 5.74) is 3.01. The third-order valence-corrected chi connectivity index (χ3v) is 8.91. The summed E-state index contributed by atoms with van der Waals surface area (Å²) in [7, 11) is 1.53. The largest absolute Gasteiger partial charge is 0.496 e. The second-order valence-corrected chi connectivity index (χ2v) is 11.6. The number of fused-ring (bicyclic) bond motifs is 3. The second-order valence-electron chi connectivity index (χ2n) is 10.6. The van der Waals surface area contributed by atoms with Crippen molar-refractivity contribution in [3.8, 4) is 17.0 Å². The summed E-state index contributed by atoms with van der Waals surface area (Å²) >= 11 is 1.42. The number of carbonyl (C=O) groups excluding carboxylic acids is 1. The zero-order chi connectivity index (χ0) is 27.8. The molecule has 2 aliphatic heterocycles. The number of halogens is 4. The molecule has 0 bridgehead atoms. The molecule has 4 heterocycles. The number of rotatable bonds is 8. The van der Waals surface area contributed by atoms with Gasteiger partial charge < -0.3 is 25.4 Å². The predicted octanol–water partition coefficient (Wildman–Crippen LogP) is 5.16. The molecule has 0 radical (unpaired) electrons. The number of piperidine rings is 1. The Labute approximate surface area is 259 Å². The zero-order valence-corrected chi connectivity index (χ0v) is 25.6. The van der Waals surface area contributed by atoms with Crippen LogP contribution in [0.3, 0.4) is 0 Å². The van der Waals surface area contributed by atoms with Gasteiger partial charge in [-0.3, -0.25) is 9.20 Å². The van der Waals surface area contributed by atoms with Gasteiger partial charge in [-0.2, -0.15) is 0 Å². The number of aliphatic hydroxyl groups excluding tert-OH is 1. The van der Waals surface area contributed by atoms with Crippen LogP contribution in [0.15, 0.2) is 36.5 Å². The summed E-state index contributed by atoms with van der Waals surface area (Å²) in [6, 6.07) is 8.68. The number of aromatic nitrogens is 2. The number of ether oxygens (including phenoxy) is 1. The highest BCUT2D eigenvalue weighted by Gasteiger charge is 2.25. The van der Waals surface area contributed by atoms with Gasteiger partial charge in [-0.15, -0.1) is 24.8 Å². The van der Waals surface area contributed by atoms with Crippen molar-refractivity contribution in [2.45, 2.75) is 44.0 Å². The molecule has 6 rings (SSSR count). The van der Waals surface area contributed by atoms with Gasteiger partial charge >= 0.3 is 0 Å². The molecule has 2 atom stereocenters. The fourth-order valence-electron chi connectivity index (χ4n) is 5.65. The van der Waals surface area contributed by atoms with Crippen LogP contribution in [0.5, 0.6) is 5.75 Å². The van der Waals surface area contributed by atoms with Gasteiger partial charge in [0.2, 0.25) is 0 Å². The zero-order valence-electron chi connectivity index (χ0n) is 23.1. The molecule has 0 saturated carbocycles. The third kappa shape index (κ3) is 6.66. The van der Waals surface area contributed by atoms with Crippen LogP contribution in [0, 0.1) is 5.82 Å². The molecule has 0 unspecified atom stereocenters. The first-order valence-electron chi connectivity index (χ1n) is 13.7. The van der Waals surface area contributed by atoms with Crippen LogP contribution in [-0.2, 0) is 0 Å². The SMILES string of the molecule is COc1cc2c(cc1C(=O)NCCCN1CCC(F)CC1)sc1nc(-c3ccc([C@H]4C[C@@H](O)CN4)cc3F)cn12.Cl.Cl. The van der Waals surface area contributed by atoms with E-state index in [4.69, 9.17) is 4.74 Å². The Balaban J connectivity index is 0.00000202. The Morgan fingerprint density at radius 3 is 2.71 bits per heavy atom. The Morgan fingerprint density at radius 1 is 1.24 bits per heavy atom. The number of aliphatic hydroxyl groups is 1. The minimum Gasteiger partial charge on any atom is -0.496 e. The van der Waals surface area contributed by atoms with Crippen LogP contribution in [0.2, 0.25) is 0 Å². The fraction of sp³-hybridized carbons (Fsp3) is 0.448. The van der Waals surface area contributed by atoms with Gasteiger partial charge in [-0.1, -0.05) is 17.4 Å². The Hall–Kier alpha value is -2.54. The van der Waals surface area contributed by atoms with Crippen LogP contribution in [0.25, 0.3) is 26.4 Å². The molecule has 8 nitrogen and oxygen atoms in total. The van der Waals surface area contributed by atoms with Crippen molar-refractivity contribution in [3.05, 3.63) is 53.5 Å². The van der Waals surface area contributed by atoms with Crippen LogP contribution in [0.1, 0.15) is 47.6 Å². The Kier molecular flexibility index (Phi) is 10.7. The molecule has 3 N–H and O–H groups in total. The number of methoxy groups -OCH3 is 1. The maximum atomic E-state index is 15.1. The molecule has 228 valence electrons. The quantitative estimate of drug-likeness (QED) is 0.230. The van der Waals surface area contributed by atoms with Crippen LogP contribution < -0.4 is 15.4 Å². The number of hydrogen-bond donors (Lipinski definition) is 3. The van der Waals surface area contributed by atoms with Gasteiger partial charge in [0, 0.05) is 50.0 Å². The lowest BCUT2D eigenvalue weighted by atomic mass is 10.0. The highest BCUT2D eigenvalue weighted by atomic mass is 35.5. The topological polar surface area (TPSA) is 91.1 Å². The van der Waals surface area contributed by atoms with E-state index in [-0.39, 0.29) is 42.6 Å².